The average molecular weight is 1390 g/mol. The van der Waals surface area contributed by atoms with Gasteiger partial charge in [0.25, 0.3) is 0 Å². The van der Waals surface area contributed by atoms with E-state index in [0.717, 1.165) is 20.0 Å². The van der Waals surface area contributed by atoms with Crippen molar-refractivity contribution in [3.8, 4) is 0 Å². The number of carbonyl (C=O) groups excluding carboxylic acids is 2. The number of aliphatic hydroxyl groups is 7. The molecule has 9 rings (SSSR count). The molecule has 0 bridgehead atoms. The molecule has 8 fully saturated rings. The Labute approximate surface area is 595 Å². The van der Waals surface area contributed by atoms with Crippen LogP contribution in [0, 0.1) is 45.3 Å². The zero-order chi connectivity index (χ0) is 65.0. The number of Topliss-reactive ketones (excluding diaryl/α,β-unsaturated/α-hetero) is 1. The average Bonchev–Trinajstić information content (AvgIpc) is 1.55. The predicted octanol–water partition coefficient (Wildman–Crippen LogP) is -10.7. The number of allylic oxidation sites excluding steroid dienone is 2. The van der Waals surface area contributed by atoms with E-state index in [1.807, 2.05) is 34.6 Å². The number of hydrogen-bond acceptors (Lipinski definition) is 31. The summed E-state index contributed by atoms with van der Waals surface area (Å²) < 4.78 is 176. The van der Waals surface area contributed by atoms with E-state index in [-0.39, 0.29) is 136 Å². The third-order valence-corrected chi connectivity index (χ3v) is 22.0. The van der Waals surface area contributed by atoms with E-state index in [1.54, 1.807) is 0 Å². The second-order valence-corrected chi connectivity index (χ2v) is 29.9. The monoisotopic (exact) mass is 1390 g/mol. The summed E-state index contributed by atoms with van der Waals surface area (Å²) in [4.78, 5) is 27.7. The Bertz CT molecular complexity index is 2930. The molecule has 506 valence electrons. The van der Waals surface area contributed by atoms with Crippen molar-refractivity contribution in [1.82, 2.24) is 0 Å². The molecule has 31 nitrogen and oxygen atoms in total. The third-order valence-electron chi connectivity index (χ3n) is 20.7. The Kier molecular flexibility index (Phi) is 26.8. The Morgan fingerprint density at radius 1 is 0.648 bits per heavy atom. The summed E-state index contributed by atoms with van der Waals surface area (Å²) in [5.41, 5.74) is -1.99. The molecule has 9 aliphatic rings. The van der Waals surface area contributed by atoms with Crippen LogP contribution in [-0.2, 0) is 101 Å². The van der Waals surface area contributed by atoms with Gasteiger partial charge in [0.15, 0.2) is 25.2 Å². The topological polar surface area (TPSA) is 467 Å². The zero-order valence-electron chi connectivity index (χ0n) is 53.1. The van der Waals surface area contributed by atoms with Crippen molar-refractivity contribution in [1.29, 1.82) is 0 Å². The molecule has 3 saturated carbocycles. The number of carbonyl (C=O) groups is 2. The van der Waals surface area contributed by atoms with E-state index in [0.29, 0.717) is 38.5 Å². The van der Waals surface area contributed by atoms with E-state index in [1.165, 1.54) is 12.5 Å². The van der Waals surface area contributed by atoms with Gasteiger partial charge in [-0.25, -0.2) is 25.3 Å². The Morgan fingerprint density at radius 2 is 1.20 bits per heavy atom. The summed E-state index contributed by atoms with van der Waals surface area (Å²) in [6.07, 6.45) is -30.6. The Morgan fingerprint density at radius 3 is 1.76 bits per heavy atom. The SMILES string of the molecule is CO[C@@H]1[C@@H](O)[C@H](O[C@@H]2[C@@H](O)[C@H](O[C@H]3[C@H](O)[C@@H](O)[C@H](O[C@H]4[C@H](O[C@H]5CC[C@]6(C)[C@H]7CC[C@]89C(=O)O[C@@](C)(CC(=O)CC(C)C)[C@H]8CC[C@@]9(C)C7=CC[C@H]6C5(C)C)OC[C@@H](OS(=O)(=O)[O-])[C@@H]4O)O[C@@H]3C)O[C@H](COS(=O)(=O)[O-])[C@H]2O)O[C@H](COS(=O)(=O)[O-])[C@H]1O.[Na+].[Na+].[Na+]. The van der Waals surface area contributed by atoms with Crippen LogP contribution < -0.4 is 88.7 Å². The summed E-state index contributed by atoms with van der Waals surface area (Å²) in [5, 5.41) is 80.0. The molecule has 5 heterocycles. The van der Waals surface area contributed by atoms with Gasteiger partial charge in [0, 0.05) is 31.3 Å². The molecule has 1 spiro atoms. The first-order valence-corrected chi connectivity index (χ1v) is 33.5. The first-order chi connectivity index (χ1) is 40.7. The number of hydrogen-bond donors (Lipinski definition) is 7. The largest absolute Gasteiger partial charge is 1.00 e. The number of aliphatic hydroxyl groups excluding tert-OH is 7. The minimum absolute atomic E-state index is 0. The maximum absolute atomic E-state index is 14.4. The minimum Gasteiger partial charge on any atom is -0.726 e. The number of ether oxygens (including phenoxy) is 10. The van der Waals surface area contributed by atoms with Gasteiger partial charge in [-0.3, -0.25) is 22.1 Å². The summed E-state index contributed by atoms with van der Waals surface area (Å²) >= 11 is 0. The van der Waals surface area contributed by atoms with Crippen molar-refractivity contribution in [2.45, 2.75) is 242 Å². The van der Waals surface area contributed by atoms with Crippen LogP contribution in [0.2, 0.25) is 0 Å². The Hall–Kier alpha value is 0.850. The molecule has 0 aromatic rings. The molecular formula is C54H83Na3O31S3. The summed E-state index contributed by atoms with van der Waals surface area (Å²) in [6.45, 7) is 12.6. The van der Waals surface area contributed by atoms with Crippen molar-refractivity contribution < 1.29 is 233 Å². The molecule has 5 saturated heterocycles. The number of ketones is 1. The van der Waals surface area contributed by atoms with Crippen LogP contribution in [0.15, 0.2) is 11.6 Å². The number of esters is 1. The normalized spacial score (nSPS) is 45.6. The molecule has 0 aromatic heterocycles. The number of cyclic esters (lactones) is 1. The van der Waals surface area contributed by atoms with Gasteiger partial charge in [-0.1, -0.05) is 53.2 Å². The van der Waals surface area contributed by atoms with Gasteiger partial charge < -0.3 is 96.8 Å². The van der Waals surface area contributed by atoms with Crippen LogP contribution in [-0.4, -0.2) is 242 Å². The number of fused-ring (bicyclic) bond motifs is 4. The summed E-state index contributed by atoms with van der Waals surface area (Å²) in [6, 6.07) is 0. The van der Waals surface area contributed by atoms with Crippen molar-refractivity contribution >= 4 is 42.9 Å². The van der Waals surface area contributed by atoms with Crippen molar-refractivity contribution in [2.24, 2.45) is 45.3 Å². The van der Waals surface area contributed by atoms with Crippen LogP contribution in [0.4, 0.5) is 0 Å². The second-order valence-electron chi connectivity index (χ2n) is 26.8. The van der Waals surface area contributed by atoms with Crippen LogP contribution in [0.25, 0.3) is 0 Å². The van der Waals surface area contributed by atoms with E-state index < -0.39 is 196 Å². The molecule has 0 unspecified atom stereocenters. The van der Waals surface area contributed by atoms with Crippen LogP contribution in [0.1, 0.15) is 113 Å². The molecule has 0 radical (unpaired) electrons. The number of rotatable bonds is 21. The van der Waals surface area contributed by atoms with E-state index >= 15 is 0 Å². The van der Waals surface area contributed by atoms with Gasteiger partial charge in [0.1, 0.15) is 96.8 Å². The van der Waals surface area contributed by atoms with Gasteiger partial charge in [0.05, 0.1) is 37.4 Å². The zero-order valence-corrected chi connectivity index (χ0v) is 61.5. The summed E-state index contributed by atoms with van der Waals surface area (Å²) in [7, 11) is -15.4. The summed E-state index contributed by atoms with van der Waals surface area (Å²) in [5.74, 6) is -0.111. The van der Waals surface area contributed by atoms with E-state index in [4.69, 9.17) is 47.4 Å². The van der Waals surface area contributed by atoms with Crippen LogP contribution >= 0.6 is 0 Å². The van der Waals surface area contributed by atoms with Crippen molar-refractivity contribution in [3.63, 3.8) is 0 Å². The maximum atomic E-state index is 14.4. The van der Waals surface area contributed by atoms with Crippen LogP contribution in [0.5, 0.6) is 0 Å². The molecule has 5 aliphatic heterocycles. The quantitative estimate of drug-likeness (QED) is 0.0184. The van der Waals surface area contributed by atoms with Gasteiger partial charge in [-0.2, -0.15) is 0 Å². The second kappa shape index (κ2) is 30.2. The fourth-order valence-electron chi connectivity index (χ4n) is 16.6. The van der Waals surface area contributed by atoms with Gasteiger partial charge in [0.2, 0.25) is 31.2 Å². The molecule has 37 heteroatoms. The first-order valence-electron chi connectivity index (χ1n) is 29.5. The molecular weight excluding hydrogens is 1310 g/mol. The number of methoxy groups -OCH3 is 1. The Balaban J connectivity index is 0.00000439. The smallest absolute Gasteiger partial charge is 0.726 e. The van der Waals surface area contributed by atoms with E-state index in [9.17, 15) is 84.2 Å². The molecule has 7 N–H and O–H groups in total. The van der Waals surface area contributed by atoms with Gasteiger partial charge in [-0.05, 0) is 87.4 Å². The molecule has 0 amide bonds. The fourth-order valence-corrected chi connectivity index (χ4v) is 17.7. The van der Waals surface area contributed by atoms with Crippen molar-refractivity contribution in [3.05, 3.63) is 11.6 Å². The predicted molar refractivity (Wildman–Crippen MR) is 286 cm³/mol. The molecule has 91 heavy (non-hydrogen) atoms. The molecule has 27 atom stereocenters. The first kappa shape index (κ1) is 80.8. The van der Waals surface area contributed by atoms with Gasteiger partial charge >= 0.3 is 94.6 Å². The molecule has 0 aromatic carbocycles. The third kappa shape index (κ3) is 16.1. The van der Waals surface area contributed by atoms with Crippen molar-refractivity contribution in [2.75, 3.05) is 26.9 Å². The standard InChI is InChI=1S/C54H86O31S3.3Na/c1-23(2)18-25(55)19-53(8)32-13-16-52(7)27-10-11-31-50(4,5)33(14-15-51(31,6)26(27)12-17-54(32,52)49(63)84-53)80-48-44(36(58)30(20-74-48)85-88(70,71)72)83-45-38(60)37(59)41(24(3)77-45)81-47-40(62)43(35(57)29(79-47)22-76-87(67,68)69)82-46-39(61)42(73-9)34(56)28(78-46)21-75-86(64,65)66;;;/h10,23-24,26,28-48,56-62H,11-22H2,1-9H3,(H,64,65,66)(H,67,68,69)(H,70,71,72);;;/q;3*+1/p-3/t24-,26+,28-,29-,30-,31+,32-,33+,34-,35-,36+,37-,38-,39-,40-,41-,42+,43+,44-,45+,46+,47+,48+,51-,52+,53+,54-;;;/m1.../s1. The minimum atomic E-state index is -5.51. The maximum Gasteiger partial charge on any atom is 1.00 e. The molecule has 4 aliphatic carbocycles. The van der Waals surface area contributed by atoms with Crippen LogP contribution in [0.3, 0.4) is 0 Å². The van der Waals surface area contributed by atoms with E-state index in [2.05, 4.69) is 32.5 Å². The van der Waals surface area contributed by atoms with Gasteiger partial charge in [-0.15, -0.1) is 0 Å². The fraction of sp³-hybridized carbons (Fsp3) is 0.926.